The molecule has 0 aliphatic carbocycles. The van der Waals surface area contributed by atoms with Gasteiger partial charge in [-0.2, -0.15) is 0 Å². The number of nitrogens with one attached hydrogen (secondary N) is 1. The summed E-state index contributed by atoms with van der Waals surface area (Å²) in [6, 6.07) is 8.12. The molecule has 20 heavy (non-hydrogen) atoms. The Kier molecular flexibility index (Phi) is 4.29. The van der Waals surface area contributed by atoms with Gasteiger partial charge in [-0.15, -0.1) is 11.3 Å². The molecule has 2 nitrogen and oxygen atoms in total. The predicted molar refractivity (Wildman–Crippen MR) is 87.0 cm³/mol. The molecule has 3 heteroatoms. The number of carbonyl (C=O) groups excluding carboxylic acids is 1. The van der Waals surface area contributed by atoms with Crippen molar-refractivity contribution in [2.45, 2.75) is 40.5 Å². The molecule has 1 aromatic heterocycles. The highest BCUT2D eigenvalue weighted by Gasteiger charge is 2.15. The fourth-order valence-corrected chi connectivity index (χ4v) is 3.13. The monoisotopic (exact) mass is 287 g/mol. The topological polar surface area (TPSA) is 29.1 Å². The molecule has 1 N–H and O–H groups in total. The van der Waals surface area contributed by atoms with Crippen molar-refractivity contribution in [1.82, 2.24) is 0 Å². The van der Waals surface area contributed by atoms with Crippen LogP contribution in [0.15, 0.2) is 24.3 Å². The second-order valence-electron chi connectivity index (χ2n) is 5.50. The van der Waals surface area contributed by atoms with Crippen molar-refractivity contribution in [3.05, 3.63) is 50.7 Å². The fraction of sp³-hybridized carbons (Fsp3) is 0.353. The molecule has 0 aliphatic rings. The average molecular weight is 287 g/mol. The molecule has 0 unspecified atom stereocenters. The molecule has 0 fully saturated rings. The van der Waals surface area contributed by atoms with E-state index in [1.54, 1.807) is 11.3 Å². The van der Waals surface area contributed by atoms with Crippen LogP contribution in [0.25, 0.3) is 0 Å². The van der Waals surface area contributed by atoms with Crippen molar-refractivity contribution >= 4 is 22.9 Å². The summed E-state index contributed by atoms with van der Waals surface area (Å²) in [5.74, 6) is 0.374. The molecule has 1 heterocycles. The van der Waals surface area contributed by atoms with Gasteiger partial charge in [0.15, 0.2) is 0 Å². The molecule has 0 bridgehead atoms. The Morgan fingerprint density at radius 1 is 1.15 bits per heavy atom. The van der Waals surface area contributed by atoms with Crippen LogP contribution in [0.5, 0.6) is 0 Å². The largest absolute Gasteiger partial charge is 0.321 e. The second kappa shape index (κ2) is 5.80. The normalized spacial score (nSPS) is 10.9. The summed E-state index contributed by atoms with van der Waals surface area (Å²) in [4.78, 5) is 14.4. The van der Waals surface area contributed by atoms with E-state index in [0.717, 1.165) is 16.1 Å². The van der Waals surface area contributed by atoms with Gasteiger partial charge in [-0.05, 0) is 49.4 Å². The third-order valence-corrected chi connectivity index (χ3v) is 4.71. The SMILES string of the molecule is Cc1cc(C(=O)Nc2c(C)cccc2C(C)C)sc1C. The molecule has 0 atom stereocenters. The molecule has 1 amide bonds. The molecular weight excluding hydrogens is 266 g/mol. The molecule has 0 spiro atoms. The molecule has 0 radical (unpaired) electrons. The van der Waals surface area contributed by atoms with Crippen LogP contribution in [0, 0.1) is 20.8 Å². The second-order valence-corrected chi connectivity index (χ2v) is 6.75. The maximum Gasteiger partial charge on any atom is 0.265 e. The van der Waals surface area contributed by atoms with Crippen LogP contribution in [-0.2, 0) is 0 Å². The fourth-order valence-electron chi connectivity index (χ4n) is 2.20. The highest BCUT2D eigenvalue weighted by atomic mass is 32.1. The van der Waals surface area contributed by atoms with Crippen LogP contribution in [0.4, 0.5) is 5.69 Å². The van der Waals surface area contributed by atoms with Gasteiger partial charge in [-0.3, -0.25) is 4.79 Å². The molecule has 2 rings (SSSR count). The minimum atomic E-state index is -0.0117. The Bertz CT molecular complexity index is 621. The van der Waals surface area contributed by atoms with Crippen molar-refractivity contribution in [2.75, 3.05) is 5.32 Å². The Labute approximate surface area is 124 Å². The number of hydrogen-bond donors (Lipinski definition) is 1. The third-order valence-electron chi connectivity index (χ3n) is 3.56. The van der Waals surface area contributed by atoms with Crippen molar-refractivity contribution in [3.8, 4) is 0 Å². The number of benzene rings is 1. The van der Waals surface area contributed by atoms with Crippen LogP contribution < -0.4 is 5.32 Å². The van der Waals surface area contributed by atoms with Crippen LogP contribution in [-0.4, -0.2) is 5.91 Å². The Hall–Kier alpha value is -1.61. The van der Waals surface area contributed by atoms with Crippen molar-refractivity contribution < 1.29 is 4.79 Å². The number of carbonyl (C=O) groups is 1. The first kappa shape index (κ1) is 14.8. The molecule has 106 valence electrons. The van der Waals surface area contributed by atoms with E-state index < -0.39 is 0 Å². The zero-order valence-corrected chi connectivity index (χ0v) is 13.5. The molecule has 0 saturated heterocycles. The number of anilines is 1. The van der Waals surface area contributed by atoms with Gasteiger partial charge in [0, 0.05) is 10.6 Å². The lowest BCUT2D eigenvalue weighted by Gasteiger charge is -2.16. The van der Waals surface area contributed by atoms with Gasteiger partial charge in [0.25, 0.3) is 5.91 Å². The van der Waals surface area contributed by atoms with E-state index in [2.05, 4.69) is 25.2 Å². The number of hydrogen-bond acceptors (Lipinski definition) is 2. The van der Waals surface area contributed by atoms with E-state index in [9.17, 15) is 4.79 Å². The van der Waals surface area contributed by atoms with Crippen molar-refractivity contribution in [1.29, 1.82) is 0 Å². The summed E-state index contributed by atoms with van der Waals surface area (Å²) in [5, 5.41) is 3.09. The zero-order chi connectivity index (χ0) is 14.9. The van der Waals surface area contributed by atoms with E-state index in [1.165, 1.54) is 16.0 Å². The minimum absolute atomic E-state index is 0.0117. The number of thiophene rings is 1. The Morgan fingerprint density at radius 3 is 2.40 bits per heavy atom. The summed E-state index contributed by atoms with van der Waals surface area (Å²) in [5.41, 5.74) is 4.42. The van der Waals surface area contributed by atoms with Crippen LogP contribution in [0.3, 0.4) is 0 Å². The predicted octanol–water partition coefficient (Wildman–Crippen LogP) is 5.05. The van der Waals surface area contributed by atoms with Crippen LogP contribution in [0.2, 0.25) is 0 Å². The highest BCUT2D eigenvalue weighted by Crippen LogP contribution is 2.29. The maximum atomic E-state index is 12.4. The zero-order valence-electron chi connectivity index (χ0n) is 12.7. The summed E-state index contributed by atoms with van der Waals surface area (Å²) in [6.45, 7) is 10.4. The summed E-state index contributed by atoms with van der Waals surface area (Å²) >= 11 is 1.55. The quantitative estimate of drug-likeness (QED) is 0.841. The van der Waals surface area contributed by atoms with Gasteiger partial charge in [-0.25, -0.2) is 0 Å². The molecule has 0 aliphatic heterocycles. The lowest BCUT2D eigenvalue weighted by atomic mass is 9.98. The number of para-hydroxylation sites is 1. The summed E-state index contributed by atoms with van der Waals surface area (Å²) < 4.78 is 0. The van der Waals surface area contributed by atoms with Gasteiger partial charge < -0.3 is 5.32 Å². The van der Waals surface area contributed by atoms with E-state index >= 15 is 0 Å². The Morgan fingerprint density at radius 2 is 1.85 bits per heavy atom. The lowest BCUT2D eigenvalue weighted by Crippen LogP contribution is -2.13. The van der Waals surface area contributed by atoms with E-state index in [4.69, 9.17) is 0 Å². The van der Waals surface area contributed by atoms with Crippen LogP contribution in [0.1, 0.15) is 51.0 Å². The molecule has 0 saturated carbocycles. The number of rotatable bonds is 3. The van der Waals surface area contributed by atoms with Gasteiger partial charge in [-0.1, -0.05) is 32.0 Å². The minimum Gasteiger partial charge on any atom is -0.321 e. The first-order chi connectivity index (χ1) is 9.40. The summed E-state index contributed by atoms with van der Waals surface area (Å²) in [6.07, 6.45) is 0. The first-order valence-electron chi connectivity index (χ1n) is 6.88. The smallest absolute Gasteiger partial charge is 0.265 e. The van der Waals surface area contributed by atoms with Gasteiger partial charge >= 0.3 is 0 Å². The first-order valence-corrected chi connectivity index (χ1v) is 7.69. The molecular formula is C17H21NOS. The van der Waals surface area contributed by atoms with E-state index in [1.807, 2.05) is 39.0 Å². The van der Waals surface area contributed by atoms with Gasteiger partial charge in [0.05, 0.1) is 4.88 Å². The van der Waals surface area contributed by atoms with Crippen LogP contribution >= 0.6 is 11.3 Å². The van der Waals surface area contributed by atoms with E-state index in [-0.39, 0.29) is 5.91 Å². The maximum absolute atomic E-state index is 12.4. The molecule has 2 aromatic rings. The standard InChI is InChI=1S/C17H21NOS/c1-10(2)14-8-6-7-11(3)16(14)18-17(19)15-9-12(4)13(5)20-15/h6-10H,1-5H3,(H,18,19). The van der Waals surface area contributed by atoms with Crippen molar-refractivity contribution in [3.63, 3.8) is 0 Å². The lowest BCUT2D eigenvalue weighted by molar-refractivity contribution is 0.103. The van der Waals surface area contributed by atoms with Gasteiger partial charge in [0.2, 0.25) is 0 Å². The molecule has 1 aromatic carbocycles. The number of amides is 1. The average Bonchev–Trinajstić information content (AvgIpc) is 2.72. The van der Waals surface area contributed by atoms with E-state index in [0.29, 0.717) is 5.92 Å². The summed E-state index contributed by atoms with van der Waals surface area (Å²) in [7, 11) is 0. The third kappa shape index (κ3) is 2.93. The highest BCUT2D eigenvalue weighted by molar-refractivity contribution is 7.14. The van der Waals surface area contributed by atoms with Gasteiger partial charge in [0.1, 0.15) is 0 Å². The number of aryl methyl sites for hydroxylation is 3. The van der Waals surface area contributed by atoms with Crippen molar-refractivity contribution in [2.24, 2.45) is 0 Å². The Balaban J connectivity index is 2.32.